The molecule has 0 aromatic carbocycles. The summed E-state index contributed by atoms with van der Waals surface area (Å²) in [7, 11) is 1.83. The second-order valence-electron chi connectivity index (χ2n) is 4.27. The van der Waals surface area contributed by atoms with Crippen LogP contribution in [0.2, 0.25) is 0 Å². The van der Waals surface area contributed by atoms with Crippen LogP contribution >= 0.6 is 0 Å². The van der Waals surface area contributed by atoms with Gasteiger partial charge in [-0.15, -0.1) is 0 Å². The SMILES string of the molecule is Cc1ccnn1Cc1nc(NN)c2cnn(C)c2n1. The van der Waals surface area contributed by atoms with E-state index in [1.807, 2.05) is 24.7 Å². The zero-order valence-electron chi connectivity index (χ0n) is 10.7. The van der Waals surface area contributed by atoms with Gasteiger partial charge < -0.3 is 5.43 Å². The third kappa shape index (κ3) is 1.91. The lowest BCUT2D eigenvalue weighted by molar-refractivity contribution is 0.637. The van der Waals surface area contributed by atoms with Crippen LogP contribution < -0.4 is 11.3 Å². The number of aryl methyl sites for hydroxylation is 2. The molecular formula is C11H14N8. The van der Waals surface area contributed by atoms with Gasteiger partial charge in [0.2, 0.25) is 0 Å². The first-order valence-electron chi connectivity index (χ1n) is 5.82. The molecule has 0 saturated carbocycles. The first-order chi connectivity index (χ1) is 9.19. The number of fused-ring (bicyclic) bond motifs is 1. The minimum absolute atomic E-state index is 0.495. The molecule has 3 heterocycles. The Labute approximate surface area is 109 Å². The van der Waals surface area contributed by atoms with Crippen LogP contribution in [-0.4, -0.2) is 29.5 Å². The fourth-order valence-corrected chi connectivity index (χ4v) is 1.95. The number of rotatable bonds is 3. The third-order valence-electron chi connectivity index (χ3n) is 3.00. The molecule has 0 radical (unpaired) electrons. The molecule has 0 fully saturated rings. The summed E-state index contributed by atoms with van der Waals surface area (Å²) in [5.74, 6) is 6.70. The van der Waals surface area contributed by atoms with Crippen molar-refractivity contribution in [2.24, 2.45) is 12.9 Å². The highest BCUT2D eigenvalue weighted by Gasteiger charge is 2.11. The molecular weight excluding hydrogens is 244 g/mol. The molecule has 3 aromatic heterocycles. The Kier molecular flexibility index (Phi) is 2.64. The summed E-state index contributed by atoms with van der Waals surface area (Å²) in [6, 6.07) is 1.94. The van der Waals surface area contributed by atoms with Crippen LogP contribution in [0.4, 0.5) is 5.82 Å². The first-order valence-corrected chi connectivity index (χ1v) is 5.82. The number of hydrazine groups is 1. The van der Waals surface area contributed by atoms with Gasteiger partial charge in [-0.2, -0.15) is 10.2 Å². The number of nitrogens with zero attached hydrogens (tertiary/aromatic N) is 6. The molecule has 0 unspecified atom stereocenters. The van der Waals surface area contributed by atoms with E-state index < -0.39 is 0 Å². The number of hydrogen-bond acceptors (Lipinski definition) is 6. The van der Waals surface area contributed by atoms with Crippen LogP contribution in [0.15, 0.2) is 18.5 Å². The van der Waals surface area contributed by atoms with Crippen molar-refractivity contribution in [3.63, 3.8) is 0 Å². The Balaban J connectivity index is 2.09. The third-order valence-corrected chi connectivity index (χ3v) is 3.00. The summed E-state index contributed by atoms with van der Waals surface area (Å²) in [6.45, 7) is 2.48. The van der Waals surface area contributed by atoms with E-state index in [-0.39, 0.29) is 0 Å². The van der Waals surface area contributed by atoms with Crippen molar-refractivity contribution >= 4 is 16.9 Å². The van der Waals surface area contributed by atoms with Crippen molar-refractivity contribution in [2.75, 3.05) is 5.43 Å². The number of nitrogens with one attached hydrogen (secondary N) is 1. The molecule has 3 aromatic rings. The number of nitrogen functional groups attached to an aromatic ring is 1. The molecule has 98 valence electrons. The van der Waals surface area contributed by atoms with Gasteiger partial charge in [0, 0.05) is 18.9 Å². The smallest absolute Gasteiger partial charge is 0.163 e. The monoisotopic (exact) mass is 258 g/mol. The van der Waals surface area contributed by atoms with E-state index in [4.69, 9.17) is 5.84 Å². The Morgan fingerprint density at radius 3 is 2.84 bits per heavy atom. The summed E-state index contributed by atoms with van der Waals surface area (Å²) in [5.41, 5.74) is 4.37. The minimum atomic E-state index is 0.495. The van der Waals surface area contributed by atoms with Gasteiger partial charge in [0.25, 0.3) is 0 Å². The van der Waals surface area contributed by atoms with Gasteiger partial charge in [-0.05, 0) is 13.0 Å². The van der Waals surface area contributed by atoms with E-state index >= 15 is 0 Å². The normalized spacial score (nSPS) is 11.1. The molecule has 19 heavy (non-hydrogen) atoms. The lowest BCUT2D eigenvalue weighted by atomic mass is 10.4. The summed E-state index contributed by atoms with van der Waals surface area (Å²) < 4.78 is 3.52. The average molecular weight is 258 g/mol. The van der Waals surface area contributed by atoms with E-state index in [0.29, 0.717) is 18.2 Å². The molecule has 3 rings (SSSR count). The fraction of sp³-hybridized carbons (Fsp3) is 0.273. The molecule has 0 saturated heterocycles. The molecule has 0 aliphatic carbocycles. The average Bonchev–Trinajstić information content (AvgIpc) is 2.97. The zero-order valence-corrected chi connectivity index (χ0v) is 10.7. The van der Waals surface area contributed by atoms with Gasteiger partial charge in [0.15, 0.2) is 17.3 Å². The number of nitrogens with two attached hydrogens (primary N) is 1. The van der Waals surface area contributed by atoms with E-state index in [1.165, 1.54) is 0 Å². The topological polar surface area (TPSA) is 99.5 Å². The Hall–Kier alpha value is -2.48. The Bertz CT molecular complexity index is 725. The van der Waals surface area contributed by atoms with E-state index in [1.54, 1.807) is 17.1 Å². The van der Waals surface area contributed by atoms with E-state index in [0.717, 1.165) is 16.7 Å². The largest absolute Gasteiger partial charge is 0.308 e. The van der Waals surface area contributed by atoms with Crippen LogP contribution in [0.25, 0.3) is 11.0 Å². The highest BCUT2D eigenvalue weighted by Crippen LogP contribution is 2.18. The number of anilines is 1. The van der Waals surface area contributed by atoms with Crippen molar-refractivity contribution in [1.29, 1.82) is 0 Å². The maximum atomic E-state index is 5.50. The van der Waals surface area contributed by atoms with Gasteiger partial charge in [-0.1, -0.05) is 0 Å². The standard InChI is InChI=1S/C11H14N8/c1-7-3-4-13-19(7)6-9-15-10(17-12)8-5-14-18(2)11(8)16-9/h3-5H,6,12H2,1-2H3,(H,15,16,17). The maximum absolute atomic E-state index is 5.50. The zero-order chi connectivity index (χ0) is 13.4. The molecule has 0 spiro atoms. The maximum Gasteiger partial charge on any atom is 0.163 e. The summed E-state index contributed by atoms with van der Waals surface area (Å²) in [4.78, 5) is 8.88. The van der Waals surface area contributed by atoms with Crippen LogP contribution in [0.3, 0.4) is 0 Å². The Morgan fingerprint density at radius 1 is 1.32 bits per heavy atom. The second kappa shape index (κ2) is 4.32. The highest BCUT2D eigenvalue weighted by atomic mass is 15.3. The van der Waals surface area contributed by atoms with Gasteiger partial charge in [-0.3, -0.25) is 9.36 Å². The fourth-order valence-electron chi connectivity index (χ4n) is 1.95. The molecule has 0 amide bonds. The summed E-state index contributed by atoms with van der Waals surface area (Å²) in [6.07, 6.45) is 3.44. The second-order valence-corrected chi connectivity index (χ2v) is 4.27. The number of aromatic nitrogens is 6. The van der Waals surface area contributed by atoms with Crippen molar-refractivity contribution in [2.45, 2.75) is 13.5 Å². The predicted molar refractivity (Wildman–Crippen MR) is 70.2 cm³/mol. The van der Waals surface area contributed by atoms with Crippen molar-refractivity contribution in [1.82, 2.24) is 29.5 Å². The van der Waals surface area contributed by atoms with E-state index in [2.05, 4.69) is 25.6 Å². The van der Waals surface area contributed by atoms with Crippen LogP contribution in [-0.2, 0) is 13.6 Å². The summed E-state index contributed by atoms with van der Waals surface area (Å²) in [5, 5.41) is 9.17. The predicted octanol–water partition coefficient (Wildman–Crippen LogP) is 0.202. The summed E-state index contributed by atoms with van der Waals surface area (Å²) >= 11 is 0. The van der Waals surface area contributed by atoms with Gasteiger partial charge in [0.1, 0.15) is 6.54 Å². The quantitative estimate of drug-likeness (QED) is 0.514. The molecule has 0 aliphatic heterocycles. The molecule has 0 aliphatic rings. The van der Waals surface area contributed by atoms with Crippen LogP contribution in [0.1, 0.15) is 11.5 Å². The lowest BCUT2D eigenvalue weighted by Crippen LogP contribution is -2.13. The van der Waals surface area contributed by atoms with Gasteiger partial charge in [-0.25, -0.2) is 15.8 Å². The van der Waals surface area contributed by atoms with Crippen molar-refractivity contribution in [3.8, 4) is 0 Å². The van der Waals surface area contributed by atoms with Gasteiger partial charge >= 0.3 is 0 Å². The first kappa shape index (κ1) is 11.6. The highest BCUT2D eigenvalue weighted by molar-refractivity contribution is 5.86. The van der Waals surface area contributed by atoms with E-state index in [9.17, 15) is 0 Å². The molecule has 0 bridgehead atoms. The minimum Gasteiger partial charge on any atom is -0.308 e. The van der Waals surface area contributed by atoms with Crippen molar-refractivity contribution in [3.05, 3.63) is 30.0 Å². The molecule has 3 N–H and O–H groups in total. The lowest BCUT2D eigenvalue weighted by Gasteiger charge is -2.07. The van der Waals surface area contributed by atoms with Crippen LogP contribution in [0.5, 0.6) is 0 Å². The molecule has 8 heteroatoms. The van der Waals surface area contributed by atoms with Gasteiger partial charge in [0.05, 0.1) is 11.6 Å². The van der Waals surface area contributed by atoms with Crippen LogP contribution in [0, 0.1) is 6.92 Å². The van der Waals surface area contributed by atoms with Crippen molar-refractivity contribution < 1.29 is 0 Å². The number of hydrogen-bond donors (Lipinski definition) is 2. The molecule has 8 nitrogen and oxygen atoms in total. The molecule has 0 atom stereocenters. The Morgan fingerprint density at radius 2 is 2.16 bits per heavy atom.